The highest BCUT2D eigenvalue weighted by atomic mass is 16.5. The first-order chi connectivity index (χ1) is 12.1. The molecule has 0 radical (unpaired) electrons. The van der Waals surface area contributed by atoms with E-state index in [1.54, 1.807) is 24.3 Å². The summed E-state index contributed by atoms with van der Waals surface area (Å²) in [6.07, 6.45) is 7.87. The van der Waals surface area contributed by atoms with Gasteiger partial charge < -0.3 is 10.1 Å². The number of nitrogens with one attached hydrogen (secondary N) is 1. The van der Waals surface area contributed by atoms with Gasteiger partial charge in [0.2, 0.25) is 0 Å². The van der Waals surface area contributed by atoms with E-state index in [4.69, 9.17) is 4.74 Å². The van der Waals surface area contributed by atoms with Crippen molar-refractivity contribution in [3.63, 3.8) is 0 Å². The van der Waals surface area contributed by atoms with Crippen LogP contribution in [0.5, 0.6) is 0 Å². The van der Waals surface area contributed by atoms with Gasteiger partial charge in [-0.2, -0.15) is 0 Å². The average molecular weight is 343 g/mol. The Hall–Kier alpha value is -2.43. The second-order valence-corrected chi connectivity index (χ2v) is 6.16. The number of hydrogen-bond donors (Lipinski definition) is 1. The highest BCUT2D eigenvalue weighted by Gasteiger charge is 2.12. The van der Waals surface area contributed by atoms with Gasteiger partial charge in [0.05, 0.1) is 6.42 Å². The highest BCUT2D eigenvalue weighted by Crippen LogP contribution is 2.19. The number of ketones is 1. The van der Waals surface area contributed by atoms with Gasteiger partial charge in [0.1, 0.15) is 0 Å². The first-order valence-electron chi connectivity index (χ1n) is 8.83. The van der Waals surface area contributed by atoms with E-state index in [9.17, 15) is 14.4 Å². The van der Waals surface area contributed by atoms with E-state index in [0.717, 1.165) is 19.3 Å². The van der Waals surface area contributed by atoms with Crippen LogP contribution < -0.4 is 5.32 Å². The van der Waals surface area contributed by atoms with Gasteiger partial charge in [0.25, 0.3) is 5.91 Å². The first-order valence-corrected chi connectivity index (χ1v) is 8.83. The summed E-state index contributed by atoms with van der Waals surface area (Å²) in [6, 6.07) is 8.80. The molecule has 1 aromatic carbocycles. The third-order valence-corrected chi connectivity index (χ3v) is 4.17. The predicted molar refractivity (Wildman–Crippen MR) is 95.1 cm³/mol. The molecule has 5 heteroatoms. The van der Waals surface area contributed by atoms with Gasteiger partial charge >= 0.3 is 5.97 Å². The molecule has 1 aliphatic carbocycles. The number of rotatable bonds is 9. The monoisotopic (exact) mass is 343 g/mol. The van der Waals surface area contributed by atoms with Gasteiger partial charge in [-0.15, -0.1) is 0 Å². The lowest BCUT2D eigenvalue weighted by atomic mass is 9.97. The molecule has 1 amide bonds. The minimum absolute atomic E-state index is 0.0199. The Morgan fingerprint density at radius 2 is 1.84 bits per heavy atom. The van der Waals surface area contributed by atoms with Crippen molar-refractivity contribution in [2.45, 2.75) is 44.9 Å². The van der Waals surface area contributed by atoms with Crippen molar-refractivity contribution in [1.82, 2.24) is 5.32 Å². The Kier molecular flexibility index (Phi) is 7.89. The summed E-state index contributed by atoms with van der Waals surface area (Å²) in [6.45, 7) is 0.270. The lowest BCUT2D eigenvalue weighted by Gasteiger charge is -2.13. The van der Waals surface area contributed by atoms with E-state index in [1.807, 2.05) is 6.07 Å². The lowest BCUT2D eigenvalue weighted by Crippen LogP contribution is -2.30. The van der Waals surface area contributed by atoms with Gasteiger partial charge in [-0.05, 0) is 32.1 Å². The second-order valence-electron chi connectivity index (χ2n) is 6.16. The number of amides is 1. The Morgan fingerprint density at radius 1 is 1.04 bits per heavy atom. The Bertz CT molecular complexity index is 622. The van der Waals surface area contributed by atoms with Crippen molar-refractivity contribution in [3.05, 3.63) is 47.5 Å². The van der Waals surface area contributed by atoms with Gasteiger partial charge in [-0.3, -0.25) is 14.4 Å². The first kappa shape index (κ1) is 18.9. The molecule has 0 aromatic heterocycles. The third-order valence-electron chi connectivity index (χ3n) is 4.17. The highest BCUT2D eigenvalue weighted by molar-refractivity contribution is 5.97. The maximum atomic E-state index is 11.9. The van der Waals surface area contributed by atoms with E-state index < -0.39 is 5.97 Å². The second kappa shape index (κ2) is 10.4. The number of Topliss-reactive ketones (excluding diaryl/α,β-unsaturated/α-hetero) is 1. The number of carbonyl (C=O) groups excluding carboxylic acids is 3. The quantitative estimate of drug-likeness (QED) is 0.424. The predicted octanol–water partition coefficient (Wildman–Crippen LogP) is 3.20. The number of hydrogen-bond acceptors (Lipinski definition) is 4. The molecular formula is C20H25NO4. The average Bonchev–Trinajstić information content (AvgIpc) is 2.66. The summed E-state index contributed by atoms with van der Waals surface area (Å²) in [5.41, 5.74) is 1.97. The third kappa shape index (κ3) is 7.33. The molecule has 0 saturated carbocycles. The normalized spacial score (nSPS) is 13.7. The molecule has 2 rings (SSSR count). The fraction of sp³-hybridized carbons (Fsp3) is 0.450. The summed E-state index contributed by atoms with van der Waals surface area (Å²) in [5.74, 6) is -0.948. The molecule has 1 aliphatic rings. The number of esters is 1. The van der Waals surface area contributed by atoms with Crippen molar-refractivity contribution in [2.75, 3.05) is 13.2 Å². The molecule has 0 unspecified atom stereocenters. The van der Waals surface area contributed by atoms with Gasteiger partial charge in [0.15, 0.2) is 12.4 Å². The molecule has 1 aromatic rings. The van der Waals surface area contributed by atoms with Gasteiger partial charge in [0, 0.05) is 18.5 Å². The molecule has 0 heterocycles. The van der Waals surface area contributed by atoms with Crippen LogP contribution in [0.15, 0.2) is 42.0 Å². The largest absolute Gasteiger partial charge is 0.456 e. The van der Waals surface area contributed by atoms with Crippen molar-refractivity contribution in [3.8, 4) is 0 Å². The number of allylic oxidation sites excluding steroid dienone is 1. The van der Waals surface area contributed by atoms with Crippen LogP contribution in [-0.2, 0) is 14.3 Å². The molecule has 5 nitrogen and oxygen atoms in total. The Morgan fingerprint density at radius 3 is 2.56 bits per heavy atom. The van der Waals surface area contributed by atoms with Gasteiger partial charge in [-0.25, -0.2) is 0 Å². The molecule has 0 atom stereocenters. The van der Waals surface area contributed by atoms with Crippen LogP contribution in [0.3, 0.4) is 0 Å². The molecule has 134 valence electrons. The van der Waals surface area contributed by atoms with Crippen molar-refractivity contribution < 1.29 is 19.1 Å². The van der Waals surface area contributed by atoms with Crippen molar-refractivity contribution in [2.24, 2.45) is 0 Å². The summed E-state index contributed by atoms with van der Waals surface area (Å²) in [7, 11) is 0. The van der Waals surface area contributed by atoms with Crippen molar-refractivity contribution in [1.29, 1.82) is 0 Å². The molecule has 25 heavy (non-hydrogen) atoms. The smallest absolute Gasteiger partial charge is 0.306 e. The molecular weight excluding hydrogens is 318 g/mol. The minimum atomic E-state index is -0.533. The molecule has 1 N–H and O–H groups in total. The number of benzene rings is 1. The standard InChI is InChI=1S/C20H25NO4/c22-18(17-9-5-2-6-10-17)11-12-20(24)25-15-19(23)21-14-13-16-7-3-1-4-8-16/h2,5-7,9-10H,1,3-4,8,11-15H2,(H,21,23). The van der Waals surface area contributed by atoms with Crippen LogP contribution in [0.25, 0.3) is 0 Å². The number of carbonyl (C=O) groups is 3. The molecule has 0 bridgehead atoms. The van der Waals surface area contributed by atoms with Crippen LogP contribution in [-0.4, -0.2) is 30.8 Å². The molecule has 0 fully saturated rings. The van der Waals surface area contributed by atoms with E-state index in [-0.39, 0.29) is 31.1 Å². The van der Waals surface area contributed by atoms with E-state index in [0.29, 0.717) is 12.1 Å². The maximum absolute atomic E-state index is 11.9. The summed E-state index contributed by atoms with van der Waals surface area (Å²) >= 11 is 0. The van der Waals surface area contributed by atoms with E-state index in [2.05, 4.69) is 11.4 Å². The fourth-order valence-electron chi connectivity index (χ4n) is 2.75. The summed E-state index contributed by atoms with van der Waals surface area (Å²) in [5, 5.41) is 2.75. The summed E-state index contributed by atoms with van der Waals surface area (Å²) in [4.78, 5) is 35.2. The van der Waals surface area contributed by atoms with E-state index >= 15 is 0 Å². The summed E-state index contributed by atoms with van der Waals surface area (Å²) < 4.78 is 4.91. The van der Waals surface area contributed by atoms with Crippen LogP contribution in [0.2, 0.25) is 0 Å². The van der Waals surface area contributed by atoms with Crippen molar-refractivity contribution >= 4 is 17.7 Å². The minimum Gasteiger partial charge on any atom is -0.456 e. The van der Waals surface area contributed by atoms with Crippen LogP contribution in [0.1, 0.15) is 55.3 Å². The molecule has 0 saturated heterocycles. The Labute approximate surface area is 148 Å². The van der Waals surface area contributed by atoms with Crippen LogP contribution in [0.4, 0.5) is 0 Å². The molecule has 0 aliphatic heterocycles. The van der Waals surface area contributed by atoms with Gasteiger partial charge in [-0.1, -0.05) is 42.0 Å². The maximum Gasteiger partial charge on any atom is 0.306 e. The van der Waals surface area contributed by atoms with Crippen LogP contribution >= 0.6 is 0 Å². The zero-order chi connectivity index (χ0) is 17.9. The van der Waals surface area contributed by atoms with E-state index in [1.165, 1.54) is 18.4 Å². The van der Waals surface area contributed by atoms with Crippen LogP contribution in [0, 0.1) is 0 Å². The zero-order valence-electron chi connectivity index (χ0n) is 14.5. The number of ether oxygens (including phenoxy) is 1. The topological polar surface area (TPSA) is 72.5 Å². The Balaban J connectivity index is 1.57. The zero-order valence-corrected chi connectivity index (χ0v) is 14.5. The molecule has 0 spiro atoms. The SMILES string of the molecule is O=C(COC(=O)CCC(=O)c1ccccc1)NCCC1=CCCCC1. The lowest BCUT2D eigenvalue weighted by molar-refractivity contribution is -0.148. The fourth-order valence-corrected chi connectivity index (χ4v) is 2.75.